The van der Waals surface area contributed by atoms with E-state index in [-0.39, 0.29) is 41.2 Å². The number of piperazine rings is 1. The summed E-state index contributed by atoms with van der Waals surface area (Å²) in [4.78, 5) is 17.8. The first-order valence-electron chi connectivity index (χ1n) is 13.1. The predicted octanol–water partition coefficient (Wildman–Crippen LogP) is 5.24. The van der Waals surface area contributed by atoms with Crippen LogP contribution in [-0.4, -0.2) is 55.0 Å². The molecule has 2 aliphatic rings. The molecule has 41 heavy (non-hydrogen) atoms. The lowest BCUT2D eigenvalue weighted by Crippen LogP contribution is -2.45. The minimum absolute atomic E-state index is 0.0296. The lowest BCUT2D eigenvalue weighted by atomic mass is 10.00. The van der Waals surface area contributed by atoms with Crippen molar-refractivity contribution in [3.8, 4) is 34.1 Å². The average molecular weight is 569 g/mol. The molecule has 11 heteroatoms. The van der Waals surface area contributed by atoms with Crippen LogP contribution in [0.1, 0.15) is 16.9 Å². The van der Waals surface area contributed by atoms with Gasteiger partial charge in [0.05, 0.1) is 23.6 Å². The normalized spacial score (nSPS) is 15.9. The van der Waals surface area contributed by atoms with Crippen molar-refractivity contribution in [1.29, 1.82) is 0 Å². The second-order valence-corrected chi connectivity index (χ2v) is 10.0. The number of hydrogen-bond acceptors (Lipinski definition) is 8. The molecule has 0 radical (unpaired) electrons. The highest BCUT2D eigenvalue weighted by atomic mass is 19.4. The van der Waals surface area contributed by atoms with Gasteiger partial charge in [0, 0.05) is 39.3 Å². The minimum Gasteiger partial charge on any atom is -0.507 e. The van der Waals surface area contributed by atoms with Crippen LogP contribution in [0.2, 0.25) is 0 Å². The van der Waals surface area contributed by atoms with E-state index < -0.39 is 22.9 Å². The second kappa shape index (κ2) is 10.6. The van der Waals surface area contributed by atoms with Crippen LogP contribution in [0.3, 0.4) is 0 Å². The number of nitrogens with zero attached hydrogens (tertiary/aromatic N) is 2. The molecule has 0 atom stereocenters. The molecule has 0 amide bonds. The molecule has 1 aromatic heterocycles. The summed E-state index contributed by atoms with van der Waals surface area (Å²) in [6, 6.07) is 14.2. The molecule has 4 aromatic rings. The van der Waals surface area contributed by atoms with Gasteiger partial charge in [-0.3, -0.25) is 14.6 Å². The van der Waals surface area contributed by atoms with Crippen LogP contribution in [0.15, 0.2) is 63.8 Å². The standard InChI is InChI=1S/C30H27F3N2O6/c1-38-20-5-3-19(4-6-20)26-27(37)21-7-8-23(36)22(28(21)41-29(26)30(31,32)33)16-35-12-10-34(11-13-35)15-18-2-9-24-25(14-18)40-17-39-24/h2-9,14,36H,10-13,15-17H2,1H3. The first-order chi connectivity index (χ1) is 19.7. The number of methoxy groups -OCH3 is 1. The van der Waals surface area contributed by atoms with Gasteiger partial charge >= 0.3 is 6.18 Å². The quantitative estimate of drug-likeness (QED) is 0.338. The number of fused-ring (bicyclic) bond motifs is 2. The molecule has 214 valence electrons. The number of ether oxygens (including phenoxy) is 3. The Morgan fingerprint density at radius 3 is 2.27 bits per heavy atom. The maximum absolute atomic E-state index is 14.2. The monoisotopic (exact) mass is 568 g/mol. The van der Waals surface area contributed by atoms with E-state index >= 15 is 0 Å². The summed E-state index contributed by atoms with van der Waals surface area (Å²) in [5.41, 5.74) is -0.372. The van der Waals surface area contributed by atoms with E-state index in [9.17, 15) is 23.1 Å². The summed E-state index contributed by atoms with van der Waals surface area (Å²) >= 11 is 0. The van der Waals surface area contributed by atoms with Gasteiger partial charge in [0.2, 0.25) is 18.0 Å². The van der Waals surface area contributed by atoms with Crippen molar-refractivity contribution >= 4 is 11.0 Å². The molecule has 1 fully saturated rings. The number of halogens is 3. The molecule has 6 rings (SSSR count). The van der Waals surface area contributed by atoms with Crippen LogP contribution in [0.5, 0.6) is 23.0 Å². The van der Waals surface area contributed by atoms with Gasteiger partial charge in [-0.2, -0.15) is 13.2 Å². The fourth-order valence-corrected chi connectivity index (χ4v) is 5.30. The summed E-state index contributed by atoms with van der Waals surface area (Å²) < 4.78 is 64.0. The Bertz CT molecular complexity index is 1640. The summed E-state index contributed by atoms with van der Waals surface area (Å²) in [6.45, 7) is 3.69. The third-order valence-electron chi connectivity index (χ3n) is 7.46. The van der Waals surface area contributed by atoms with Gasteiger partial charge in [0.25, 0.3) is 0 Å². The fourth-order valence-electron chi connectivity index (χ4n) is 5.30. The van der Waals surface area contributed by atoms with E-state index in [0.717, 1.165) is 17.1 Å². The summed E-state index contributed by atoms with van der Waals surface area (Å²) in [7, 11) is 1.44. The van der Waals surface area contributed by atoms with Crippen molar-refractivity contribution in [2.24, 2.45) is 0 Å². The SMILES string of the molecule is COc1ccc(-c2c(C(F)(F)F)oc3c(CN4CCN(Cc5ccc6c(c5)OCO6)CC4)c(O)ccc3c2=O)cc1. The Kier molecular flexibility index (Phi) is 7.00. The highest BCUT2D eigenvalue weighted by molar-refractivity contribution is 5.87. The second-order valence-electron chi connectivity index (χ2n) is 10.0. The maximum atomic E-state index is 14.2. The topological polar surface area (TPSA) is 84.6 Å². The van der Waals surface area contributed by atoms with Crippen molar-refractivity contribution in [1.82, 2.24) is 9.80 Å². The zero-order valence-corrected chi connectivity index (χ0v) is 22.2. The van der Waals surface area contributed by atoms with Crippen LogP contribution in [0, 0.1) is 0 Å². The maximum Gasteiger partial charge on any atom is 0.450 e. The minimum atomic E-state index is -4.94. The molecule has 8 nitrogen and oxygen atoms in total. The molecule has 1 saturated heterocycles. The van der Waals surface area contributed by atoms with Crippen molar-refractivity contribution in [2.75, 3.05) is 40.1 Å². The highest BCUT2D eigenvalue weighted by Crippen LogP contribution is 2.40. The van der Waals surface area contributed by atoms with Crippen molar-refractivity contribution in [3.63, 3.8) is 0 Å². The molecule has 0 spiro atoms. The molecule has 0 unspecified atom stereocenters. The number of phenolic OH excluding ortho intramolecular Hbond substituents is 1. The van der Waals surface area contributed by atoms with Gasteiger partial charge in [0.1, 0.15) is 17.1 Å². The van der Waals surface area contributed by atoms with Crippen LogP contribution >= 0.6 is 0 Å². The molecule has 0 aliphatic carbocycles. The van der Waals surface area contributed by atoms with Gasteiger partial charge in [0.15, 0.2) is 11.5 Å². The van der Waals surface area contributed by atoms with Crippen molar-refractivity contribution < 1.29 is 36.9 Å². The zero-order chi connectivity index (χ0) is 28.7. The van der Waals surface area contributed by atoms with Gasteiger partial charge in [-0.1, -0.05) is 18.2 Å². The Labute approximate surface area is 233 Å². The molecule has 3 aromatic carbocycles. The van der Waals surface area contributed by atoms with E-state index in [4.69, 9.17) is 18.6 Å². The smallest absolute Gasteiger partial charge is 0.450 e. The summed E-state index contributed by atoms with van der Waals surface area (Å²) in [5.74, 6) is 0.261. The van der Waals surface area contributed by atoms with Gasteiger partial charge < -0.3 is 23.7 Å². The third kappa shape index (κ3) is 5.30. The number of aromatic hydroxyl groups is 1. The molecule has 1 N–H and O–H groups in total. The molecular formula is C30H27F3N2O6. The average Bonchev–Trinajstić information content (AvgIpc) is 3.43. The van der Waals surface area contributed by atoms with Crippen LogP contribution in [0.4, 0.5) is 13.2 Å². The lowest BCUT2D eigenvalue weighted by molar-refractivity contribution is -0.152. The van der Waals surface area contributed by atoms with Gasteiger partial charge in [-0.05, 0) is 47.5 Å². The predicted molar refractivity (Wildman–Crippen MR) is 144 cm³/mol. The lowest BCUT2D eigenvalue weighted by Gasteiger charge is -2.35. The summed E-state index contributed by atoms with van der Waals surface area (Å²) in [6.07, 6.45) is -4.94. The van der Waals surface area contributed by atoms with Crippen LogP contribution in [-0.2, 0) is 19.3 Å². The van der Waals surface area contributed by atoms with Gasteiger partial charge in [-0.25, -0.2) is 0 Å². The van der Waals surface area contributed by atoms with Crippen LogP contribution in [0.25, 0.3) is 22.1 Å². The van der Waals surface area contributed by atoms with E-state index in [0.29, 0.717) is 38.5 Å². The van der Waals surface area contributed by atoms with E-state index in [2.05, 4.69) is 4.90 Å². The third-order valence-corrected chi connectivity index (χ3v) is 7.46. The number of rotatable bonds is 6. The zero-order valence-electron chi connectivity index (χ0n) is 22.2. The molecular weight excluding hydrogens is 541 g/mol. The first-order valence-corrected chi connectivity index (χ1v) is 13.1. The highest BCUT2D eigenvalue weighted by Gasteiger charge is 2.40. The molecule has 2 aliphatic heterocycles. The first kappa shape index (κ1) is 27.0. The largest absolute Gasteiger partial charge is 0.507 e. The number of benzene rings is 3. The fraction of sp³-hybridized carbons (Fsp3) is 0.300. The number of alkyl halides is 3. The number of phenols is 1. The Hall–Kier alpha value is -4.22. The Morgan fingerprint density at radius 2 is 1.59 bits per heavy atom. The molecule has 3 heterocycles. The Morgan fingerprint density at radius 1 is 0.902 bits per heavy atom. The van der Waals surface area contributed by atoms with E-state index in [1.807, 2.05) is 23.1 Å². The van der Waals surface area contributed by atoms with E-state index in [1.54, 1.807) is 0 Å². The number of hydrogen-bond donors (Lipinski definition) is 1. The Balaban J connectivity index is 1.26. The molecule has 0 saturated carbocycles. The van der Waals surface area contributed by atoms with Crippen molar-refractivity contribution in [2.45, 2.75) is 19.3 Å². The molecule has 0 bridgehead atoms. The van der Waals surface area contributed by atoms with Crippen molar-refractivity contribution in [3.05, 3.63) is 81.7 Å². The summed E-state index contributed by atoms with van der Waals surface area (Å²) in [5, 5.41) is 10.6. The van der Waals surface area contributed by atoms with Crippen LogP contribution < -0.4 is 19.6 Å². The van der Waals surface area contributed by atoms with E-state index in [1.165, 1.54) is 43.5 Å². The van der Waals surface area contributed by atoms with Gasteiger partial charge in [-0.15, -0.1) is 0 Å².